The Bertz CT molecular complexity index is 531. The molecule has 5 heteroatoms. The molecule has 0 amide bonds. The topological polar surface area (TPSA) is 52.5 Å². The van der Waals surface area contributed by atoms with Crippen LogP contribution in [0.3, 0.4) is 0 Å². The van der Waals surface area contributed by atoms with E-state index in [4.69, 9.17) is 0 Å². The van der Waals surface area contributed by atoms with Gasteiger partial charge >= 0.3 is 7.12 Å². The summed E-state index contributed by atoms with van der Waals surface area (Å²) in [5.41, 5.74) is 3.77. The number of benzene rings is 2. The van der Waals surface area contributed by atoms with Crippen molar-refractivity contribution in [3.05, 3.63) is 54.1 Å². The molecule has 0 bridgehead atoms. The van der Waals surface area contributed by atoms with Gasteiger partial charge in [-0.05, 0) is 28.4 Å². The normalized spacial score (nSPS) is 10.5. The summed E-state index contributed by atoms with van der Waals surface area (Å²) in [5, 5.41) is 18.4. The molecule has 0 radical (unpaired) electrons. The smallest absolute Gasteiger partial charge is 0.423 e. The fourth-order valence-electron chi connectivity index (χ4n) is 1.85. The highest BCUT2D eigenvalue weighted by Crippen LogP contribution is 2.18. The highest BCUT2D eigenvalue weighted by Gasteiger charge is 2.11. The van der Waals surface area contributed by atoms with E-state index in [9.17, 15) is 10.0 Å². The third-order valence-electron chi connectivity index (χ3n) is 2.89. The van der Waals surface area contributed by atoms with Gasteiger partial charge in [-0.3, -0.25) is 4.72 Å². The molecule has 0 saturated carbocycles. The average molecular weight is 273 g/mol. The van der Waals surface area contributed by atoms with Crippen molar-refractivity contribution in [1.29, 1.82) is 0 Å². The second kappa shape index (κ2) is 6.77. The second-order valence-electron chi connectivity index (χ2n) is 4.22. The van der Waals surface area contributed by atoms with Crippen LogP contribution in [-0.2, 0) is 6.54 Å². The largest absolute Gasteiger partial charge is 0.488 e. The van der Waals surface area contributed by atoms with Crippen molar-refractivity contribution >= 4 is 24.5 Å². The van der Waals surface area contributed by atoms with Gasteiger partial charge in [-0.25, -0.2) is 0 Å². The lowest BCUT2D eigenvalue weighted by molar-refractivity contribution is 0.426. The molecule has 0 unspecified atom stereocenters. The molecule has 0 heterocycles. The number of hydrogen-bond acceptors (Lipinski definition) is 4. The van der Waals surface area contributed by atoms with Gasteiger partial charge in [0, 0.05) is 6.54 Å². The van der Waals surface area contributed by atoms with Crippen LogP contribution in [0.1, 0.15) is 5.56 Å². The molecule has 3 nitrogen and oxygen atoms in total. The van der Waals surface area contributed by atoms with E-state index in [-0.39, 0.29) is 0 Å². The Kier molecular flexibility index (Phi) is 5.04. The zero-order valence-electron chi connectivity index (χ0n) is 10.7. The van der Waals surface area contributed by atoms with Crippen molar-refractivity contribution in [2.24, 2.45) is 0 Å². The Hall–Kier alpha value is -1.27. The highest BCUT2D eigenvalue weighted by atomic mass is 32.2. The van der Waals surface area contributed by atoms with E-state index in [1.54, 1.807) is 24.1 Å². The minimum atomic E-state index is -1.43. The maximum atomic E-state index is 9.18. The fraction of sp³-hybridized carbons (Fsp3) is 0.143. The van der Waals surface area contributed by atoms with Crippen molar-refractivity contribution in [2.45, 2.75) is 6.54 Å². The zero-order valence-corrected chi connectivity index (χ0v) is 11.5. The molecular formula is C14H16BNO2S. The molecule has 0 aliphatic carbocycles. The van der Waals surface area contributed by atoms with Gasteiger partial charge in [0.05, 0.1) is 0 Å². The Morgan fingerprint density at radius 3 is 2.42 bits per heavy atom. The standard InChI is InChI=1S/C14H16BNO2S/c1-19-16-10-11-5-7-12(8-6-11)13-3-2-4-14(9-13)15(17)18/h2-9,16-18H,10H2,1H3. The monoisotopic (exact) mass is 273 g/mol. The maximum absolute atomic E-state index is 9.18. The molecular weight excluding hydrogens is 257 g/mol. The van der Waals surface area contributed by atoms with E-state index < -0.39 is 7.12 Å². The Morgan fingerprint density at radius 1 is 1.05 bits per heavy atom. The van der Waals surface area contributed by atoms with Gasteiger partial charge in [-0.15, -0.1) is 0 Å². The van der Waals surface area contributed by atoms with Gasteiger partial charge in [-0.2, -0.15) is 0 Å². The zero-order chi connectivity index (χ0) is 13.7. The van der Waals surface area contributed by atoms with Gasteiger partial charge in [0.1, 0.15) is 0 Å². The molecule has 3 N–H and O–H groups in total. The lowest BCUT2D eigenvalue weighted by atomic mass is 9.79. The van der Waals surface area contributed by atoms with Crippen LogP contribution in [0.4, 0.5) is 0 Å². The third kappa shape index (κ3) is 3.85. The third-order valence-corrected chi connectivity index (χ3v) is 3.33. The van der Waals surface area contributed by atoms with Gasteiger partial charge in [0.2, 0.25) is 0 Å². The van der Waals surface area contributed by atoms with E-state index in [0.29, 0.717) is 5.46 Å². The van der Waals surface area contributed by atoms with Gasteiger partial charge in [-0.1, -0.05) is 60.5 Å². The summed E-state index contributed by atoms with van der Waals surface area (Å²) in [6, 6.07) is 15.5. The number of nitrogens with one attached hydrogen (secondary N) is 1. The molecule has 0 aromatic heterocycles. The summed E-state index contributed by atoms with van der Waals surface area (Å²) >= 11 is 1.60. The van der Waals surface area contributed by atoms with Crippen molar-refractivity contribution in [2.75, 3.05) is 6.26 Å². The van der Waals surface area contributed by atoms with E-state index in [1.165, 1.54) is 5.56 Å². The lowest BCUT2D eigenvalue weighted by Crippen LogP contribution is -2.29. The van der Waals surface area contributed by atoms with E-state index in [1.807, 2.05) is 30.5 Å². The molecule has 2 aromatic carbocycles. The van der Waals surface area contributed by atoms with Crippen molar-refractivity contribution < 1.29 is 10.0 Å². The van der Waals surface area contributed by atoms with Gasteiger partial charge in [0.15, 0.2) is 0 Å². The van der Waals surface area contributed by atoms with Crippen LogP contribution in [0.15, 0.2) is 48.5 Å². The lowest BCUT2D eigenvalue weighted by Gasteiger charge is -2.07. The summed E-state index contributed by atoms with van der Waals surface area (Å²) in [6.45, 7) is 0.830. The van der Waals surface area contributed by atoms with Crippen LogP contribution in [0.5, 0.6) is 0 Å². The first-order valence-electron chi connectivity index (χ1n) is 6.02. The Morgan fingerprint density at radius 2 is 1.79 bits per heavy atom. The first-order valence-corrected chi connectivity index (χ1v) is 7.24. The molecule has 19 heavy (non-hydrogen) atoms. The molecule has 0 aliphatic rings. The number of rotatable bonds is 5. The van der Waals surface area contributed by atoms with Gasteiger partial charge < -0.3 is 10.0 Å². The van der Waals surface area contributed by atoms with Crippen LogP contribution in [0.2, 0.25) is 0 Å². The summed E-state index contributed by atoms with van der Waals surface area (Å²) in [6.07, 6.45) is 2.00. The van der Waals surface area contributed by atoms with E-state index >= 15 is 0 Å². The van der Waals surface area contributed by atoms with Crippen molar-refractivity contribution in [3.8, 4) is 11.1 Å². The minimum absolute atomic E-state index is 0.505. The number of hydrogen-bond donors (Lipinski definition) is 3. The Labute approximate surface area is 118 Å². The van der Waals surface area contributed by atoms with Crippen LogP contribution >= 0.6 is 11.9 Å². The van der Waals surface area contributed by atoms with Crippen LogP contribution in [-0.4, -0.2) is 23.4 Å². The van der Waals surface area contributed by atoms with Crippen LogP contribution < -0.4 is 10.2 Å². The minimum Gasteiger partial charge on any atom is -0.423 e. The molecule has 2 aromatic rings. The maximum Gasteiger partial charge on any atom is 0.488 e. The molecule has 0 spiro atoms. The highest BCUT2D eigenvalue weighted by molar-refractivity contribution is 7.96. The first kappa shape index (κ1) is 14.2. The predicted octanol–water partition coefficient (Wildman–Crippen LogP) is 1.40. The van der Waals surface area contributed by atoms with Crippen LogP contribution in [0, 0.1) is 0 Å². The first-order chi connectivity index (χ1) is 9.20. The van der Waals surface area contributed by atoms with Gasteiger partial charge in [0.25, 0.3) is 0 Å². The summed E-state index contributed by atoms with van der Waals surface area (Å²) in [4.78, 5) is 0. The molecule has 0 atom stereocenters. The van der Waals surface area contributed by atoms with E-state index in [0.717, 1.165) is 17.7 Å². The molecule has 2 rings (SSSR count). The Balaban J connectivity index is 2.19. The van der Waals surface area contributed by atoms with Crippen molar-refractivity contribution in [1.82, 2.24) is 4.72 Å². The summed E-state index contributed by atoms with van der Waals surface area (Å²) in [5.74, 6) is 0. The van der Waals surface area contributed by atoms with E-state index in [2.05, 4.69) is 16.9 Å². The molecule has 0 saturated heterocycles. The predicted molar refractivity (Wildman–Crippen MR) is 82.1 cm³/mol. The van der Waals surface area contributed by atoms with Crippen molar-refractivity contribution in [3.63, 3.8) is 0 Å². The summed E-state index contributed by atoms with van der Waals surface area (Å²) < 4.78 is 3.20. The molecule has 0 fully saturated rings. The average Bonchev–Trinajstić information content (AvgIpc) is 2.46. The van der Waals surface area contributed by atoms with Crippen LogP contribution in [0.25, 0.3) is 11.1 Å². The SMILES string of the molecule is CSNCc1ccc(-c2cccc(B(O)O)c2)cc1. The molecule has 98 valence electrons. The summed E-state index contributed by atoms with van der Waals surface area (Å²) in [7, 11) is -1.43. The second-order valence-corrected chi connectivity index (χ2v) is 4.92. The molecule has 0 aliphatic heterocycles. The quantitative estimate of drug-likeness (QED) is 0.569. The fourth-order valence-corrected chi connectivity index (χ4v) is 2.16.